The van der Waals surface area contributed by atoms with Crippen LogP contribution in [0.1, 0.15) is 23.2 Å². The van der Waals surface area contributed by atoms with E-state index in [2.05, 4.69) is 33.3 Å². The van der Waals surface area contributed by atoms with E-state index in [4.69, 9.17) is 9.47 Å². The Morgan fingerprint density at radius 1 is 1.00 bits per heavy atom. The van der Waals surface area contributed by atoms with Crippen LogP contribution >= 0.6 is 0 Å². The summed E-state index contributed by atoms with van der Waals surface area (Å²) in [5.74, 6) is 0.420. The van der Waals surface area contributed by atoms with Crippen LogP contribution in [-0.2, 0) is 4.74 Å². The second kappa shape index (κ2) is 8.52. The summed E-state index contributed by atoms with van der Waals surface area (Å²) >= 11 is 0. The molecule has 2 aliphatic heterocycles. The molecule has 0 unspecified atom stereocenters. The number of para-hydroxylation sites is 1. The van der Waals surface area contributed by atoms with Crippen molar-refractivity contribution in [2.45, 2.75) is 12.8 Å². The number of ether oxygens (including phenoxy) is 2. The minimum absolute atomic E-state index is 0.156. The van der Waals surface area contributed by atoms with Gasteiger partial charge in [0.15, 0.2) is 0 Å². The van der Waals surface area contributed by atoms with Crippen molar-refractivity contribution in [3.8, 4) is 5.75 Å². The molecule has 0 bridgehead atoms. The van der Waals surface area contributed by atoms with Crippen molar-refractivity contribution in [1.29, 1.82) is 0 Å². The minimum Gasteiger partial charge on any atom is -0.496 e. The van der Waals surface area contributed by atoms with Gasteiger partial charge in [0.25, 0.3) is 5.91 Å². The number of nitrogens with zero attached hydrogens (tertiary/aromatic N) is 2. The predicted molar refractivity (Wildman–Crippen MR) is 112 cm³/mol. The van der Waals surface area contributed by atoms with E-state index >= 15 is 0 Å². The molecule has 0 radical (unpaired) electrons. The van der Waals surface area contributed by atoms with Crippen LogP contribution in [0.25, 0.3) is 0 Å². The number of hydrogen-bond acceptors (Lipinski definition) is 5. The molecule has 1 N–H and O–H groups in total. The van der Waals surface area contributed by atoms with Gasteiger partial charge in [0.1, 0.15) is 5.75 Å². The van der Waals surface area contributed by atoms with Crippen LogP contribution in [0.15, 0.2) is 42.5 Å². The zero-order valence-electron chi connectivity index (χ0n) is 16.3. The molecule has 28 heavy (non-hydrogen) atoms. The lowest BCUT2D eigenvalue weighted by Gasteiger charge is -2.30. The molecule has 2 fully saturated rings. The molecule has 2 heterocycles. The summed E-state index contributed by atoms with van der Waals surface area (Å²) < 4.78 is 10.8. The largest absolute Gasteiger partial charge is 0.496 e. The van der Waals surface area contributed by atoms with E-state index in [0.717, 1.165) is 56.5 Å². The fourth-order valence-corrected chi connectivity index (χ4v) is 3.90. The molecule has 148 valence electrons. The number of morpholine rings is 1. The molecule has 0 atom stereocenters. The fourth-order valence-electron chi connectivity index (χ4n) is 3.90. The molecular weight excluding hydrogens is 354 g/mol. The van der Waals surface area contributed by atoms with Gasteiger partial charge in [-0.15, -0.1) is 0 Å². The molecule has 2 aromatic rings. The fraction of sp³-hybridized carbons (Fsp3) is 0.409. The first-order chi connectivity index (χ1) is 13.8. The van der Waals surface area contributed by atoms with Gasteiger partial charge in [0.2, 0.25) is 0 Å². The first-order valence-corrected chi connectivity index (χ1v) is 9.92. The average Bonchev–Trinajstić information content (AvgIpc) is 3.29. The van der Waals surface area contributed by atoms with Crippen molar-refractivity contribution in [2.75, 3.05) is 61.6 Å². The van der Waals surface area contributed by atoms with Crippen LogP contribution in [0.5, 0.6) is 5.75 Å². The van der Waals surface area contributed by atoms with Crippen LogP contribution in [0, 0.1) is 0 Å². The lowest BCUT2D eigenvalue weighted by atomic mass is 10.1. The first-order valence-electron chi connectivity index (χ1n) is 9.92. The van der Waals surface area contributed by atoms with Crippen LogP contribution < -0.4 is 19.9 Å². The molecule has 1 amide bonds. The predicted octanol–water partition coefficient (Wildman–Crippen LogP) is 3.38. The van der Waals surface area contributed by atoms with Crippen LogP contribution in [0.2, 0.25) is 0 Å². The summed E-state index contributed by atoms with van der Waals surface area (Å²) in [6.07, 6.45) is 2.37. The van der Waals surface area contributed by atoms with Gasteiger partial charge < -0.3 is 24.6 Å². The minimum atomic E-state index is -0.156. The quantitative estimate of drug-likeness (QED) is 0.860. The Labute approximate surface area is 166 Å². The molecular formula is C22H27N3O3. The van der Waals surface area contributed by atoms with Gasteiger partial charge in [0.05, 0.1) is 37.3 Å². The molecule has 0 aliphatic carbocycles. The monoisotopic (exact) mass is 381 g/mol. The van der Waals surface area contributed by atoms with E-state index in [-0.39, 0.29) is 5.91 Å². The highest BCUT2D eigenvalue weighted by atomic mass is 16.5. The Kier molecular flexibility index (Phi) is 5.67. The van der Waals surface area contributed by atoms with E-state index in [1.54, 1.807) is 19.2 Å². The van der Waals surface area contributed by atoms with Crippen molar-refractivity contribution >= 4 is 23.0 Å². The van der Waals surface area contributed by atoms with Crippen LogP contribution in [0.3, 0.4) is 0 Å². The molecule has 0 aromatic heterocycles. The number of carbonyl (C=O) groups is 1. The molecule has 2 saturated heterocycles. The summed E-state index contributed by atoms with van der Waals surface area (Å²) in [6.45, 7) is 5.24. The molecule has 6 heteroatoms. The number of amides is 1. The lowest BCUT2D eigenvalue weighted by molar-refractivity contribution is 0.102. The first kappa shape index (κ1) is 18.6. The van der Waals surface area contributed by atoms with Gasteiger partial charge in [-0.25, -0.2) is 0 Å². The van der Waals surface area contributed by atoms with E-state index < -0.39 is 0 Å². The summed E-state index contributed by atoms with van der Waals surface area (Å²) in [7, 11) is 1.58. The highest BCUT2D eigenvalue weighted by molar-refractivity contribution is 6.08. The number of anilines is 3. The van der Waals surface area contributed by atoms with E-state index in [1.165, 1.54) is 12.8 Å². The van der Waals surface area contributed by atoms with Gasteiger partial charge >= 0.3 is 0 Å². The summed E-state index contributed by atoms with van der Waals surface area (Å²) in [5.41, 5.74) is 3.58. The standard InChI is InChI=1S/C22H27N3O3/c1-27-21-7-3-2-6-18(21)22(26)23-19-16-17(24-12-14-28-15-13-24)8-9-20(19)25-10-4-5-11-25/h2-3,6-9,16H,4-5,10-15H2,1H3,(H,23,26). The molecule has 4 rings (SSSR count). The van der Waals surface area contributed by atoms with Gasteiger partial charge in [-0.05, 0) is 43.2 Å². The zero-order valence-corrected chi connectivity index (χ0v) is 16.3. The molecule has 2 aliphatic rings. The second-order valence-corrected chi connectivity index (χ2v) is 7.15. The smallest absolute Gasteiger partial charge is 0.259 e. The van der Waals surface area contributed by atoms with E-state index in [1.807, 2.05) is 12.1 Å². The van der Waals surface area contributed by atoms with Crippen LogP contribution in [0.4, 0.5) is 17.1 Å². The van der Waals surface area contributed by atoms with Crippen molar-refractivity contribution in [2.24, 2.45) is 0 Å². The topological polar surface area (TPSA) is 54.0 Å². The van der Waals surface area contributed by atoms with Gasteiger partial charge in [-0.3, -0.25) is 4.79 Å². The number of methoxy groups -OCH3 is 1. The van der Waals surface area contributed by atoms with Gasteiger partial charge in [0, 0.05) is 31.9 Å². The number of carbonyl (C=O) groups excluding carboxylic acids is 1. The summed E-state index contributed by atoms with van der Waals surface area (Å²) in [6, 6.07) is 13.7. The second-order valence-electron chi connectivity index (χ2n) is 7.15. The third-order valence-electron chi connectivity index (χ3n) is 5.40. The Hall–Kier alpha value is -2.73. The normalized spacial score (nSPS) is 16.9. The maximum Gasteiger partial charge on any atom is 0.259 e. The maximum atomic E-state index is 13.0. The SMILES string of the molecule is COc1ccccc1C(=O)Nc1cc(N2CCOCC2)ccc1N1CCCC1. The zero-order chi connectivity index (χ0) is 19.3. The Balaban J connectivity index is 1.64. The molecule has 0 saturated carbocycles. The Bertz CT molecular complexity index is 828. The highest BCUT2D eigenvalue weighted by Crippen LogP contribution is 2.34. The van der Waals surface area contributed by atoms with Crippen LogP contribution in [-0.4, -0.2) is 52.4 Å². The summed E-state index contributed by atoms with van der Waals surface area (Å²) in [5, 5.41) is 3.14. The van der Waals surface area contributed by atoms with Crippen molar-refractivity contribution in [3.05, 3.63) is 48.0 Å². The molecule has 2 aromatic carbocycles. The number of nitrogens with one attached hydrogen (secondary N) is 1. The van der Waals surface area contributed by atoms with E-state index in [9.17, 15) is 4.79 Å². The Morgan fingerprint density at radius 3 is 2.50 bits per heavy atom. The van der Waals surface area contributed by atoms with Gasteiger partial charge in [-0.2, -0.15) is 0 Å². The Morgan fingerprint density at radius 2 is 1.75 bits per heavy atom. The lowest BCUT2D eigenvalue weighted by Crippen LogP contribution is -2.36. The summed E-state index contributed by atoms with van der Waals surface area (Å²) in [4.78, 5) is 17.7. The van der Waals surface area contributed by atoms with Crippen molar-refractivity contribution < 1.29 is 14.3 Å². The molecule has 6 nitrogen and oxygen atoms in total. The average molecular weight is 381 g/mol. The van der Waals surface area contributed by atoms with Crippen molar-refractivity contribution in [3.63, 3.8) is 0 Å². The number of hydrogen-bond donors (Lipinski definition) is 1. The number of rotatable bonds is 5. The highest BCUT2D eigenvalue weighted by Gasteiger charge is 2.21. The van der Waals surface area contributed by atoms with Crippen molar-refractivity contribution in [1.82, 2.24) is 0 Å². The number of benzene rings is 2. The molecule has 0 spiro atoms. The third kappa shape index (κ3) is 3.92. The van der Waals surface area contributed by atoms with E-state index in [0.29, 0.717) is 11.3 Å². The third-order valence-corrected chi connectivity index (χ3v) is 5.40. The maximum absolute atomic E-state index is 13.0. The van der Waals surface area contributed by atoms with Gasteiger partial charge in [-0.1, -0.05) is 12.1 Å².